The van der Waals surface area contributed by atoms with Crippen molar-refractivity contribution in [2.45, 2.75) is 25.7 Å². The highest BCUT2D eigenvalue weighted by molar-refractivity contribution is 5.87. The summed E-state index contributed by atoms with van der Waals surface area (Å²) in [4.78, 5) is 32.0. The Kier molecular flexibility index (Phi) is 7.55. The predicted molar refractivity (Wildman–Crippen MR) is 140 cm³/mol. The Morgan fingerprint density at radius 2 is 1.58 bits per heavy atom. The van der Waals surface area contributed by atoms with Crippen molar-refractivity contribution in [3.8, 4) is 11.3 Å². The second-order valence-corrected chi connectivity index (χ2v) is 9.63. The number of carbonyl (C=O) groups excluding carboxylic acids is 2. The monoisotopic (exact) mass is 483 g/mol. The predicted octanol–water partition coefficient (Wildman–Crippen LogP) is 3.66. The van der Waals surface area contributed by atoms with Crippen LogP contribution in [0.15, 0.2) is 72.8 Å². The normalized spacial score (nSPS) is 15.9. The maximum absolute atomic E-state index is 13.3. The summed E-state index contributed by atoms with van der Waals surface area (Å²) in [5.41, 5.74) is 3.08. The van der Waals surface area contributed by atoms with E-state index in [1.807, 2.05) is 65.6 Å². The molecule has 7 heteroatoms. The van der Waals surface area contributed by atoms with Crippen LogP contribution in [0.25, 0.3) is 11.3 Å². The molecule has 0 N–H and O–H groups in total. The van der Waals surface area contributed by atoms with Crippen molar-refractivity contribution >= 4 is 17.6 Å². The van der Waals surface area contributed by atoms with Crippen molar-refractivity contribution in [1.29, 1.82) is 0 Å². The van der Waals surface area contributed by atoms with Gasteiger partial charge in [0.25, 0.3) is 0 Å². The van der Waals surface area contributed by atoms with E-state index in [-0.39, 0.29) is 24.3 Å². The Morgan fingerprint density at radius 3 is 2.28 bits per heavy atom. The lowest BCUT2D eigenvalue weighted by Crippen LogP contribution is -2.45. The van der Waals surface area contributed by atoms with Gasteiger partial charge in [0.05, 0.1) is 12.2 Å². The summed E-state index contributed by atoms with van der Waals surface area (Å²) in [6.45, 7) is 3.57. The van der Waals surface area contributed by atoms with E-state index in [1.54, 1.807) is 4.90 Å². The number of carbonyl (C=O) groups is 2. The summed E-state index contributed by atoms with van der Waals surface area (Å²) >= 11 is 0. The number of benzene rings is 2. The third-order valence-electron chi connectivity index (χ3n) is 6.97. The highest BCUT2D eigenvalue weighted by atomic mass is 16.2. The minimum absolute atomic E-state index is 0.0319. The first-order valence-corrected chi connectivity index (χ1v) is 12.9. The zero-order chi connectivity index (χ0) is 24.7. The van der Waals surface area contributed by atoms with Gasteiger partial charge in [-0.25, -0.2) is 0 Å². The van der Waals surface area contributed by atoms with E-state index < -0.39 is 0 Å². The van der Waals surface area contributed by atoms with E-state index in [0.29, 0.717) is 26.2 Å². The van der Waals surface area contributed by atoms with E-state index in [9.17, 15) is 9.59 Å². The van der Waals surface area contributed by atoms with Crippen LogP contribution >= 0.6 is 0 Å². The molecule has 5 rings (SSSR count). The van der Waals surface area contributed by atoms with Crippen LogP contribution in [0.1, 0.15) is 24.8 Å². The van der Waals surface area contributed by atoms with Crippen LogP contribution < -0.4 is 4.90 Å². The molecule has 0 spiro atoms. The number of aromatic nitrogens is 2. The SMILES string of the molecule is O=C(CN(CCc1ccccc1)C(=O)C1CC1)N1CCCN(c2ccc(-c3ccccc3)nn2)CC1. The Morgan fingerprint density at radius 1 is 0.833 bits per heavy atom. The molecule has 7 nitrogen and oxygen atoms in total. The fourth-order valence-corrected chi connectivity index (χ4v) is 4.68. The van der Waals surface area contributed by atoms with Crippen molar-refractivity contribution in [1.82, 2.24) is 20.0 Å². The fraction of sp³-hybridized carbons (Fsp3) is 0.379. The number of rotatable bonds is 8. The Hall–Kier alpha value is -3.74. The van der Waals surface area contributed by atoms with Crippen molar-refractivity contribution < 1.29 is 9.59 Å². The topological polar surface area (TPSA) is 69.6 Å². The van der Waals surface area contributed by atoms with Gasteiger partial charge in [-0.15, -0.1) is 10.2 Å². The van der Waals surface area contributed by atoms with Crippen LogP contribution in [0.5, 0.6) is 0 Å². The molecule has 2 aromatic carbocycles. The minimum atomic E-state index is 0.0319. The van der Waals surface area contributed by atoms with Gasteiger partial charge in [0, 0.05) is 44.2 Å². The van der Waals surface area contributed by atoms with Gasteiger partial charge in [0.1, 0.15) is 0 Å². The molecule has 1 aliphatic carbocycles. The van der Waals surface area contributed by atoms with Crippen LogP contribution in [0.2, 0.25) is 0 Å². The summed E-state index contributed by atoms with van der Waals surface area (Å²) in [7, 11) is 0. The van der Waals surface area contributed by atoms with Gasteiger partial charge in [-0.2, -0.15) is 0 Å². The Labute approximate surface area is 212 Å². The average molecular weight is 484 g/mol. The molecule has 2 amide bonds. The number of hydrogen-bond acceptors (Lipinski definition) is 5. The first-order valence-electron chi connectivity index (χ1n) is 12.9. The summed E-state index contributed by atoms with van der Waals surface area (Å²) < 4.78 is 0. The smallest absolute Gasteiger partial charge is 0.242 e. The molecule has 0 radical (unpaired) electrons. The summed E-state index contributed by atoms with van der Waals surface area (Å²) in [6, 6.07) is 24.2. The lowest BCUT2D eigenvalue weighted by atomic mass is 10.1. The quantitative estimate of drug-likeness (QED) is 0.489. The summed E-state index contributed by atoms with van der Waals surface area (Å²) in [6.07, 6.45) is 3.50. The molecule has 36 heavy (non-hydrogen) atoms. The van der Waals surface area contributed by atoms with Gasteiger partial charge in [-0.05, 0) is 43.4 Å². The molecule has 2 fully saturated rings. The van der Waals surface area contributed by atoms with E-state index in [2.05, 4.69) is 27.2 Å². The van der Waals surface area contributed by atoms with Crippen LogP contribution in [-0.4, -0.2) is 71.1 Å². The molecule has 1 saturated heterocycles. The molecule has 0 atom stereocenters. The van der Waals surface area contributed by atoms with Crippen LogP contribution in [0, 0.1) is 5.92 Å². The molecule has 2 heterocycles. The van der Waals surface area contributed by atoms with E-state index in [0.717, 1.165) is 49.3 Å². The molecule has 186 valence electrons. The number of anilines is 1. The minimum Gasteiger partial charge on any atom is -0.353 e. The molecule has 3 aromatic rings. The second kappa shape index (κ2) is 11.3. The maximum Gasteiger partial charge on any atom is 0.242 e. The van der Waals surface area contributed by atoms with Crippen LogP contribution in [-0.2, 0) is 16.0 Å². The largest absolute Gasteiger partial charge is 0.353 e. The lowest BCUT2D eigenvalue weighted by molar-refractivity contribution is -0.141. The van der Waals surface area contributed by atoms with Crippen molar-refractivity contribution in [2.24, 2.45) is 5.92 Å². The van der Waals surface area contributed by atoms with Gasteiger partial charge >= 0.3 is 0 Å². The van der Waals surface area contributed by atoms with E-state index in [4.69, 9.17) is 0 Å². The van der Waals surface area contributed by atoms with E-state index >= 15 is 0 Å². The maximum atomic E-state index is 13.3. The third kappa shape index (κ3) is 6.08. The molecular formula is C29H33N5O2. The first-order chi connectivity index (χ1) is 17.7. The molecule has 1 aromatic heterocycles. The highest BCUT2D eigenvalue weighted by Crippen LogP contribution is 2.31. The van der Waals surface area contributed by atoms with Crippen LogP contribution in [0.4, 0.5) is 5.82 Å². The molecule has 0 bridgehead atoms. The molecule has 0 unspecified atom stereocenters. The Bertz CT molecular complexity index is 1150. The Balaban J connectivity index is 1.18. The molecular weight excluding hydrogens is 450 g/mol. The molecule has 1 aliphatic heterocycles. The number of amides is 2. The van der Waals surface area contributed by atoms with Gasteiger partial charge in [-0.1, -0.05) is 60.7 Å². The standard InChI is InChI=1S/C29H33N5O2/c35-28(22-34(29(36)25-12-13-25)19-16-23-8-3-1-4-9-23)33-18-7-17-32(20-21-33)27-15-14-26(30-31-27)24-10-5-2-6-11-24/h1-6,8-11,14-15,25H,7,12-13,16-22H2. The number of nitrogens with zero attached hydrogens (tertiary/aromatic N) is 5. The summed E-state index contributed by atoms with van der Waals surface area (Å²) in [5.74, 6) is 1.09. The molecule has 2 aliphatic rings. The highest BCUT2D eigenvalue weighted by Gasteiger charge is 2.34. The zero-order valence-corrected chi connectivity index (χ0v) is 20.6. The fourth-order valence-electron chi connectivity index (χ4n) is 4.68. The lowest BCUT2D eigenvalue weighted by Gasteiger charge is -2.27. The van der Waals surface area contributed by atoms with Gasteiger partial charge in [-0.3, -0.25) is 9.59 Å². The van der Waals surface area contributed by atoms with Gasteiger partial charge in [0.2, 0.25) is 11.8 Å². The van der Waals surface area contributed by atoms with E-state index in [1.165, 1.54) is 5.56 Å². The van der Waals surface area contributed by atoms with Crippen LogP contribution in [0.3, 0.4) is 0 Å². The average Bonchev–Trinajstić information content (AvgIpc) is 3.79. The van der Waals surface area contributed by atoms with Crippen molar-refractivity contribution in [3.05, 3.63) is 78.4 Å². The van der Waals surface area contributed by atoms with Gasteiger partial charge < -0.3 is 14.7 Å². The second-order valence-electron chi connectivity index (χ2n) is 9.63. The van der Waals surface area contributed by atoms with Crippen molar-refractivity contribution in [3.63, 3.8) is 0 Å². The molecule has 1 saturated carbocycles. The number of hydrogen-bond donors (Lipinski definition) is 0. The summed E-state index contributed by atoms with van der Waals surface area (Å²) in [5, 5.41) is 8.88. The first kappa shape index (κ1) is 24.0. The van der Waals surface area contributed by atoms with Gasteiger partial charge in [0.15, 0.2) is 5.82 Å². The van der Waals surface area contributed by atoms with Crippen molar-refractivity contribution in [2.75, 3.05) is 44.2 Å². The zero-order valence-electron chi connectivity index (χ0n) is 20.6. The third-order valence-corrected chi connectivity index (χ3v) is 6.97.